The average Bonchev–Trinajstić information content (AvgIpc) is 2.86. The van der Waals surface area contributed by atoms with Gasteiger partial charge in [-0.25, -0.2) is 5.43 Å². The maximum Gasteiger partial charge on any atom is 0.308 e. The van der Waals surface area contributed by atoms with Crippen molar-refractivity contribution in [2.45, 2.75) is 0 Å². The molecule has 0 spiro atoms. The van der Waals surface area contributed by atoms with E-state index in [9.17, 15) is 4.79 Å². The number of benzene rings is 1. The molecule has 1 aromatic carbocycles. The number of amides is 1. The van der Waals surface area contributed by atoms with Crippen molar-refractivity contribution in [3.05, 3.63) is 35.7 Å². The third-order valence-electron chi connectivity index (χ3n) is 2.21. The number of aromatic nitrogens is 3. The van der Waals surface area contributed by atoms with Gasteiger partial charge in [0, 0.05) is 0 Å². The van der Waals surface area contributed by atoms with Crippen LogP contribution in [0.5, 0.6) is 5.75 Å². The van der Waals surface area contributed by atoms with Gasteiger partial charge in [-0.05, 0) is 29.8 Å². The predicted octanol–water partition coefficient (Wildman–Crippen LogP) is 0.159. The quantitative estimate of drug-likeness (QED) is 0.534. The minimum atomic E-state index is -0.519. The number of rotatable bonds is 4. The van der Waals surface area contributed by atoms with Crippen LogP contribution in [0.1, 0.15) is 16.2 Å². The van der Waals surface area contributed by atoms with Crippen LogP contribution in [0.15, 0.2) is 29.4 Å². The van der Waals surface area contributed by atoms with Crippen molar-refractivity contribution in [2.24, 2.45) is 5.10 Å². The van der Waals surface area contributed by atoms with Gasteiger partial charge in [0.05, 0.1) is 13.3 Å². The first-order chi connectivity index (χ1) is 9.19. The van der Waals surface area contributed by atoms with Gasteiger partial charge in [-0.3, -0.25) is 9.89 Å². The predicted molar refractivity (Wildman–Crippen MR) is 68.8 cm³/mol. The Morgan fingerprint density at radius 2 is 2.21 bits per heavy atom. The topological polar surface area (TPSA) is 118 Å². The van der Waals surface area contributed by atoms with Crippen LogP contribution in [0, 0.1) is 0 Å². The normalized spacial score (nSPS) is 10.6. The molecule has 98 valence electrons. The number of nitrogens with one attached hydrogen (secondary N) is 2. The van der Waals surface area contributed by atoms with Crippen molar-refractivity contribution in [3.8, 4) is 5.75 Å². The van der Waals surface area contributed by atoms with E-state index in [0.29, 0.717) is 0 Å². The summed E-state index contributed by atoms with van der Waals surface area (Å²) in [6.07, 6.45) is 1.50. The van der Waals surface area contributed by atoms with Gasteiger partial charge in [0.2, 0.25) is 11.8 Å². The van der Waals surface area contributed by atoms with Gasteiger partial charge in [0.15, 0.2) is 0 Å². The zero-order chi connectivity index (χ0) is 13.7. The average molecular weight is 260 g/mol. The van der Waals surface area contributed by atoms with Crippen LogP contribution in [-0.2, 0) is 0 Å². The molecule has 0 aliphatic rings. The fourth-order valence-electron chi connectivity index (χ4n) is 1.28. The molecule has 8 heteroatoms. The lowest BCUT2D eigenvalue weighted by atomic mass is 10.2. The fourth-order valence-corrected chi connectivity index (χ4v) is 1.28. The molecular formula is C11H12N6O2. The summed E-state index contributed by atoms with van der Waals surface area (Å²) >= 11 is 0. The number of carbonyl (C=O) groups excluding carboxylic acids is 1. The Hall–Kier alpha value is -2.90. The summed E-state index contributed by atoms with van der Waals surface area (Å²) in [6.45, 7) is 0. The molecule has 0 atom stereocenters. The molecule has 0 saturated heterocycles. The number of methoxy groups -OCH3 is 1. The van der Waals surface area contributed by atoms with Crippen LogP contribution >= 0.6 is 0 Å². The van der Waals surface area contributed by atoms with Crippen LogP contribution in [0.3, 0.4) is 0 Å². The second-order valence-electron chi connectivity index (χ2n) is 3.51. The number of hydrogen-bond donors (Lipinski definition) is 3. The Morgan fingerprint density at radius 1 is 1.47 bits per heavy atom. The highest BCUT2D eigenvalue weighted by atomic mass is 16.5. The highest BCUT2D eigenvalue weighted by Crippen LogP contribution is 2.09. The van der Waals surface area contributed by atoms with Crippen LogP contribution in [0.4, 0.5) is 5.95 Å². The molecule has 2 aromatic rings. The Labute approximate surface area is 108 Å². The standard InChI is InChI=1S/C11H12N6O2/c1-19-8-4-2-7(3-5-8)6-13-16-10(18)9-14-11(12)17-15-9/h2-6H,1H3,(H,16,18)(H3,12,14,15,17)/b13-6-. The molecule has 8 nitrogen and oxygen atoms in total. The highest BCUT2D eigenvalue weighted by molar-refractivity contribution is 5.91. The third-order valence-corrected chi connectivity index (χ3v) is 2.21. The van der Waals surface area contributed by atoms with Crippen LogP contribution in [-0.4, -0.2) is 34.4 Å². The van der Waals surface area contributed by atoms with Gasteiger partial charge < -0.3 is 10.5 Å². The summed E-state index contributed by atoms with van der Waals surface area (Å²) in [5.74, 6) is 0.237. The third kappa shape index (κ3) is 3.28. The van der Waals surface area contributed by atoms with Crippen LogP contribution < -0.4 is 15.9 Å². The van der Waals surface area contributed by atoms with E-state index in [1.165, 1.54) is 6.21 Å². The largest absolute Gasteiger partial charge is 0.497 e. The Bertz CT molecular complexity index is 589. The van der Waals surface area contributed by atoms with Gasteiger partial charge in [0.25, 0.3) is 0 Å². The maximum absolute atomic E-state index is 11.5. The van der Waals surface area contributed by atoms with E-state index >= 15 is 0 Å². The van der Waals surface area contributed by atoms with Gasteiger partial charge in [-0.15, -0.1) is 5.10 Å². The summed E-state index contributed by atoms with van der Waals surface area (Å²) in [4.78, 5) is 15.2. The minimum absolute atomic E-state index is 0.00397. The van der Waals surface area contributed by atoms with E-state index in [1.54, 1.807) is 31.4 Å². The van der Waals surface area contributed by atoms with Gasteiger partial charge in [0.1, 0.15) is 5.75 Å². The molecule has 0 bridgehead atoms. The number of H-pyrrole nitrogens is 1. The van der Waals surface area contributed by atoms with Crippen molar-refractivity contribution in [1.29, 1.82) is 0 Å². The fraction of sp³-hybridized carbons (Fsp3) is 0.0909. The number of ether oxygens (including phenoxy) is 1. The van der Waals surface area contributed by atoms with E-state index in [4.69, 9.17) is 10.5 Å². The number of hydrogen-bond acceptors (Lipinski definition) is 6. The molecule has 1 heterocycles. The smallest absolute Gasteiger partial charge is 0.308 e. The molecule has 0 radical (unpaired) electrons. The van der Waals surface area contributed by atoms with Gasteiger partial charge in [-0.2, -0.15) is 10.1 Å². The second kappa shape index (κ2) is 5.63. The molecule has 1 amide bonds. The lowest BCUT2D eigenvalue weighted by Crippen LogP contribution is -2.19. The first-order valence-electron chi connectivity index (χ1n) is 5.34. The number of anilines is 1. The van der Waals surface area contributed by atoms with Gasteiger partial charge in [-0.1, -0.05) is 0 Å². The molecule has 0 aliphatic carbocycles. The number of nitrogen functional groups attached to an aromatic ring is 1. The Balaban J connectivity index is 1.94. The summed E-state index contributed by atoms with van der Waals surface area (Å²) in [7, 11) is 1.59. The Morgan fingerprint density at radius 3 is 2.79 bits per heavy atom. The number of nitrogens with zero attached hydrogens (tertiary/aromatic N) is 3. The lowest BCUT2D eigenvalue weighted by Gasteiger charge is -1.99. The minimum Gasteiger partial charge on any atom is -0.497 e. The number of carbonyl (C=O) groups is 1. The first kappa shape index (κ1) is 12.6. The molecule has 0 fully saturated rings. The monoisotopic (exact) mass is 260 g/mol. The number of nitrogens with two attached hydrogens (primary N) is 1. The van der Waals surface area contributed by atoms with Crippen molar-refractivity contribution < 1.29 is 9.53 Å². The van der Waals surface area contributed by atoms with E-state index in [0.717, 1.165) is 11.3 Å². The summed E-state index contributed by atoms with van der Waals surface area (Å²) in [6, 6.07) is 7.20. The molecule has 0 aliphatic heterocycles. The zero-order valence-corrected chi connectivity index (χ0v) is 10.1. The molecular weight excluding hydrogens is 248 g/mol. The van der Waals surface area contributed by atoms with Crippen molar-refractivity contribution >= 4 is 18.1 Å². The molecule has 1 aromatic heterocycles. The zero-order valence-electron chi connectivity index (χ0n) is 10.1. The molecule has 0 saturated carbocycles. The van der Waals surface area contributed by atoms with Crippen molar-refractivity contribution in [3.63, 3.8) is 0 Å². The van der Waals surface area contributed by atoms with Crippen LogP contribution in [0.2, 0.25) is 0 Å². The summed E-state index contributed by atoms with van der Waals surface area (Å²) < 4.78 is 5.03. The lowest BCUT2D eigenvalue weighted by molar-refractivity contribution is 0.0945. The maximum atomic E-state index is 11.5. The van der Waals surface area contributed by atoms with E-state index < -0.39 is 5.91 Å². The second-order valence-corrected chi connectivity index (χ2v) is 3.51. The summed E-state index contributed by atoms with van der Waals surface area (Å²) in [5.41, 5.74) is 8.40. The molecule has 19 heavy (non-hydrogen) atoms. The molecule has 0 unspecified atom stereocenters. The van der Waals surface area contributed by atoms with Crippen LogP contribution in [0.25, 0.3) is 0 Å². The number of aromatic amines is 1. The van der Waals surface area contributed by atoms with E-state index in [2.05, 4.69) is 25.7 Å². The number of hydrazone groups is 1. The first-order valence-corrected chi connectivity index (χ1v) is 5.34. The van der Waals surface area contributed by atoms with Crippen molar-refractivity contribution in [2.75, 3.05) is 12.8 Å². The SMILES string of the molecule is COc1ccc(/C=N\NC(=O)c2nc(N)n[nH]2)cc1. The highest BCUT2D eigenvalue weighted by Gasteiger charge is 2.08. The van der Waals surface area contributed by atoms with Gasteiger partial charge >= 0.3 is 5.91 Å². The van der Waals surface area contributed by atoms with E-state index in [1.807, 2.05) is 0 Å². The van der Waals surface area contributed by atoms with Crippen molar-refractivity contribution in [1.82, 2.24) is 20.6 Å². The Kier molecular flexibility index (Phi) is 3.72. The summed E-state index contributed by atoms with van der Waals surface area (Å²) in [5, 5.41) is 9.71. The molecule has 2 rings (SSSR count). The molecule has 4 N–H and O–H groups in total. The van der Waals surface area contributed by atoms with E-state index in [-0.39, 0.29) is 11.8 Å².